The maximum atomic E-state index is 13.9. The first-order valence-electron chi connectivity index (χ1n) is 5.79. The van der Waals surface area contributed by atoms with E-state index in [1.165, 1.54) is 25.1 Å². The second-order valence-corrected chi connectivity index (χ2v) is 4.32. The minimum Gasteiger partial charge on any atom is -0.396 e. The number of benzene rings is 2. The number of nitrogens with two attached hydrogens (primary N) is 1. The van der Waals surface area contributed by atoms with Gasteiger partial charge in [-0.3, -0.25) is 9.59 Å². The van der Waals surface area contributed by atoms with Crippen molar-refractivity contribution >= 4 is 17.8 Å². The van der Waals surface area contributed by atoms with Crippen molar-refractivity contribution in [2.45, 2.75) is 6.92 Å². The summed E-state index contributed by atoms with van der Waals surface area (Å²) in [7, 11) is 0. The van der Waals surface area contributed by atoms with Gasteiger partial charge in [-0.25, -0.2) is 8.78 Å². The van der Waals surface area contributed by atoms with Crippen LogP contribution in [0.2, 0.25) is 0 Å². The topological polar surface area (TPSA) is 60.2 Å². The van der Waals surface area contributed by atoms with Crippen LogP contribution in [0.5, 0.6) is 0 Å². The maximum absolute atomic E-state index is 13.9. The van der Waals surface area contributed by atoms with Gasteiger partial charge in [0.05, 0.1) is 5.69 Å². The van der Waals surface area contributed by atoms with Gasteiger partial charge in [-0.05, 0) is 42.8 Å². The lowest BCUT2D eigenvalue weighted by atomic mass is 9.95. The van der Waals surface area contributed by atoms with E-state index in [9.17, 15) is 18.4 Å². The van der Waals surface area contributed by atoms with Crippen LogP contribution in [0.25, 0.3) is 0 Å². The van der Waals surface area contributed by atoms with Crippen LogP contribution in [0.1, 0.15) is 31.8 Å². The molecule has 0 saturated heterocycles. The highest BCUT2D eigenvalue weighted by atomic mass is 19.1. The van der Waals surface area contributed by atoms with Gasteiger partial charge >= 0.3 is 0 Å². The van der Waals surface area contributed by atoms with Crippen molar-refractivity contribution in [1.29, 1.82) is 0 Å². The predicted octanol–water partition coefficient (Wildman–Crippen LogP) is 2.90. The van der Waals surface area contributed by atoms with Crippen LogP contribution in [-0.4, -0.2) is 12.1 Å². The molecule has 102 valence electrons. The second kappa shape index (κ2) is 5.21. The fraction of sp³-hybridized carbons (Fsp3) is 0.0667. The average Bonchev–Trinajstić information content (AvgIpc) is 2.45. The third kappa shape index (κ3) is 2.30. The lowest BCUT2D eigenvalue weighted by Gasteiger charge is -2.10. The van der Waals surface area contributed by atoms with Crippen molar-refractivity contribution in [1.82, 2.24) is 0 Å². The monoisotopic (exact) mass is 275 g/mol. The molecule has 0 heterocycles. The molecule has 0 amide bonds. The van der Waals surface area contributed by atoms with E-state index in [0.717, 1.165) is 12.1 Å². The van der Waals surface area contributed by atoms with Crippen LogP contribution < -0.4 is 5.73 Å². The Kier molecular flexibility index (Phi) is 3.61. The van der Waals surface area contributed by atoms with Crippen LogP contribution in [-0.2, 0) is 0 Å². The molecule has 5 heteroatoms. The second-order valence-electron chi connectivity index (χ2n) is 4.32. The number of halogens is 2. The summed E-state index contributed by atoms with van der Waals surface area (Å²) in [6.07, 6.45) is 0.388. The van der Waals surface area contributed by atoms with E-state index in [2.05, 4.69) is 0 Å². The van der Waals surface area contributed by atoms with Gasteiger partial charge in [0.25, 0.3) is 0 Å². The van der Waals surface area contributed by atoms with Gasteiger partial charge < -0.3 is 5.73 Å². The predicted molar refractivity (Wildman–Crippen MR) is 70.8 cm³/mol. The molecule has 2 aromatic carbocycles. The molecule has 0 saturated carbocycles. The third-order valence-corrected chi connectivity index (χ3v) is 3.06. The van der Waals surface area contributed by atoms with Gasteiger partial charge in [0, 0.05) is 16.7 Å². The molecule has 0 aliphatic heterocycles. The number of hydrogen-bond acceptors (Lipinski definition) is 3. The van der Waals surface area contributed by atoms with Gasteiger partial charge in [0.15, 0.2) is 12.1 Å². The number of nitrogen functional groups attached to an aromatic ring is 1. The molecular formula is C15H11F2NO2. The Hall–Kier alpha value is -2.56. The van der Waals surface area contributed by atoms with Crippen molar-refractivity contribution in [3.05, 3.63) is 64.2 Å². The normalized spacial score (nSPS) is 10.3. The van der Waals surface area contributed by atoms with Crippen LogP contribution in [0, 0.1) is 18.6 Å². The number of ketones is 1. The Labute approximate surface area is 114 Å². The summed E-state index contributed by atoms with van der Waals surface area (Å²) in [6.45, 7) is 1.40. The van der Waals surface area contributed by atoms with E-state index < -0.39 is 17.4 Å². The molecule has 0 unspecified atom stereocenters. The summed E-state index contributed by atoms with van der Waals surface area (Å²) in [4.78, 5) is 23.1. The SMILES string of the molecule is Cc1c(C(=O)c2ccc(F)cc2)cc(C=O)c(N)c1F. The Bertz CT molecular complexity index is 694. The zero-order chi connectivity index (χ0) is 14.9. The van der Waals surface area contributed by atoms with Crippen molar-refractivity contribution < 1.29 is 18.4 Å². The number of carbonyl (C=O) groups excluding carboxylic acids is 2. The van der Waals surface area contributed by atoms with E-state index in [0.29, 0.717) is 6.29 Å². The minimum absolute atomic E-state index is 0.0328. The van der Waals surface area contributed by atoms with Gasteiger partial charge in [-0.15, -0.1) is 0 Å². The first-order valence-corrected chi connectivity index (χ1v) is 5.79. The van der Waals surface area contributed by atoms with E-state index >= 15 is 0 Å². The molecule has 0 spiro atoms. The lowest BCUT2D eigenvalue weighted by Crippen LogP contribution is -2.09. The molecule has 0 aliphatic rings. The highest BCUT2D eigenvalue weighted by molar-refractivity contribution is 6.11. The molecule has 2 N–H and O–H groups in total. The molecule has 0 bridgehead atoms. The van der Waals surface area contributed by atoms with Crippen LogP contribution in [0.3, 0.4) is 0 Å². The molecule has 2 rings (SSSR count). The van der Waals surface area contributed by atoms with Gasteiger partial charge in [-0.1, -0.05) is 0 Å². The van der Waals surface area contributed by atoms with Crippen molar-refractivity contribution in [3.63, 3.8) is 0 Å². The summed E-state index contributed by atoms with van der Waals surface area (Å²) in [5, 5.41) is 0. The highest BCUT2D eigenvalue weighted by Crippen LogP contribution is 2.24. The summed E-state index contributed by atoms with van der Waals surface area (Å²) in [5.74, 6) is -1.76. The quantitative estimate of drug-likeness (QED) is 0.532. The average molecular weight is 275 g/mol. The summed E-state index contributed by atoms with van der Waals surface area (Å²) >= 11 is 0. The highest BCUT2D eigenvalue weighted by Gasteiger charge is 2.19. The Morgan fingerprint density at radius 3 is 2.35 bits per heavy atom. The molecule has 2 aromatic rings. The fourth-order valence-corrected chi connectivity index (χ4v) is 1.88. The zero-order valence-corrected chi connectivity index (χ0v) is 10.6. The summed E-state index contributed by atoms with van der Waals surface area (Å²) in [6, 6.07) is 6.11. The molecule has 0 aromatic heterocycles. The minimum atomic E-state index is -0.792. The summed E-state index contributed by atoms with van der Waals surface area (Å²) in [5.41, 5.74) is 5.38. The van der Waals surface area contributed by atoms with Crippen molar-refractivity contribution in [2.75, 3.05) is 5.73 Å². The number of anilines is 1. The summed E-state index contributed by atoms with van der Waals surface area (Å²) < 4.78 is 26.7. The number of aldehydes is 1. The smallest absolute Gasteiger partial charge is 0.193 e. The van der Waals surface area contributed by atoms with Gasteiger partial charge in [0.1, 0.15) is 11.6 Å². The van der Waals surface area contributed by atoms with E-state index in [1.54, 1.807) is 0 Å². The van der Waals surface area contributed by atoms with Gasteiger partial charge in [-0.2, -0.15) is 0 Å². The first-order chi connectivity index (χ1) is 9.45. The molecular weight excluding hydrogens is 264 g/mol. The first kappa shape index (κ1) is 13.9. The number of carbonyl (C=O) groups is 2. The van der Waals surface area contributed by atoms with Crippen LogP contribution in [0.15, 0.2) is 30.3 Å². The third-order valence-electron chi connectivity index (χ3n) is 3.06. The number of rotatable bonds is 3. The fourth-order valence-electron chi connectivity index (χ4n) is 1.88. The molecule has 20 heavy (non-hydrogen) atoms. The number of hydrogen-bond donors (Lipinski definition) is 1. The molecule has 0 fully saturated rings. The van der Waals surface area contributed by atoms with E-state index in [4.69, 9.17) is 5.73 Å². The molecule has 3 nitrogen and oxygen atoms in total. The Morgan fingerprint density at radius 1 is 1.20 bits per heavy atom. The zero-order valence-electron chi connectivity index (χ0n) is 10.6. The lowest BCUT2D eigenvalue weighted by molar-refractivity contribution is 0.103. The van der Waals surface area contributed by atoms with Crippen LogP contribution >= 0.6 is 0 Å². The molecule has 0 atom stereocenters. The van der Waals surface area contributed by atoms with Crippen LogP contribution in [0.4, 0.5) is 14.5 Å². The standard InChI is InChI=1S/C15H11F2NO2/c1-8-12(6-10(7-19)14(18)13(8)17)15(20)9-2-4-11(16)5-3-9/h2-7H,18H2,1H3. The van der Waals surface area contributed by atoms with E-state index in [1.807, 2.05) is 0 Å². The van der Waals surface area contributed by atoms with Crippen molar-refractivity contribution in [3.8, 4) is 0 Å². The van der Waals surface area contributed by atoms with E-state index in [-0.39, 0.29) is 27.9 Å². The molecule has 0 aliphatic carbocycles. The molecule has 0 radical (unpaired) electrons. The Morgan fingerprint density at radius 2 is 1.80 bits per heavy atom. The van der Waals surface area contributed by atoms with Crippen molar-refractivity contribution in [2.24, 2.45) is 0 Å². The van der Waals surface area contributed by atoms with Gasteiger partial charge in [0.2, 0.25) is 0 Å². The largest absolute Gasteiger partial charge is 0.396 e. The maximum Gasteiger partial charge on any atom is 0.193 e. The Balaban J connectivity index is 2.57.